The van der Waals surface area contributed by atoms with Gasteiger partial charge < -0.3 is 5.11 Å². The van der Waals surface area contributed by atoms with E-state index in [0.717, 1.165) is 4.47 Å². The molecular formula is C10H6Br2N2O2. The van der Waals surface area contributed by atoms with Gasteiger partial charge in [-0.05, 0) is 34.1 Å². The van der Waals surface area contributed by atoms with Crippen LogP contribution in [-0.4, -0.2) is 20.9 Å². The molecular weight excluding hydrogens is 340 g/mol. The van der Waals surface area contributed by atoms with Crippen LogP contribution < -0.4 is 0 Å². The van der Waals surface area contributed by atoms with Gasteiger partial charge in [-0.3, -0.25) is 0 Å². The zero-order valence-electron chi connectivity index (χ0n) is 7.89. The number of nitrogens with zero attached hydrogens (tertiary/aromatic N) is 2. The van der Waals surface area contributed by atoms with E-state index in [1.54, 1.807) is 35.3 Å². The summed E-state index contributed by atoms with van der Waals surface area (Å²) in [5.41, 5.74) is 0.911. The molecule has 1 aromatic carbocycles. The van der Waals surface area contributed by atoms with E-state index in [-0.39, 0.29) is 5.56 Å². The van der Waals surface area contributed by atoms with Crippen molar-refractivity contribution < 1.29 is 9.90 Å². The van der Waals surface area contributed by atoms with Gasteiger partial charge in [0.1, 0.15) is 0 Å². The summed E-state index contributed by atoms with van der Waals surface area (Å²) < 4.78 is 3.14. The molecule has 0 amide bonds. The number of carbonyl (C=O) groups is 1. The van der Waals surface area contributed by atoms with Gasteiger partial charge in [-0.2, -0.15) is 5.10 Å². The minimum atomic E-state index is -0.964. The van der Waals surface area contributed by atoms with Crippen LogP contribution in [0.4, 0.5) is 0 Å². The molecule has 1 heterocycles. The number of hydrogen-bond acceptors (Lipinski definition) is 2. The van der Waals surface area contributed by atoms with E-state index in [1.165, 1.54) is 0 Å². The van der Waals surface area contributed by atoms with Crippen molar-refractivity contribution in [3.05, 3.63) is 45.1 Å². The first kappa shape index (κ1) is 11.3. The molecule has 1 N–H and O–H groups in total. The smallest absolute Gasteiger partial charge is 0.335 e. The number of carboxylic acids is 1. The molecule has 0 fully saturated rings. The highest BCUT2D eigenvalue weighted by atomic mass is 79.9. The van der Waals surface area contributed by atoms with E-state index >= 15 is 0 Å². The van der Waals surface area contributed by atoms with Gasteiger partial charge in [0.15, 0.2) is 0 Å². The summed E-state index contributed by atoms with van der Waals surface area (Å²) in [4.78, 5) is 10.9. The van der Waals surface area contributed by atoms with Crippen LogP contribution in [0.25, 0.3) is 5.69 Å². The van der Waals surface area contributed by atoms with Gasteiger partial charge in [0, 0.05) is 10.7 Å². The maximum Gasteiger partial charge on any atom is 0.335 e. The fraction of sp³-hybridized carbons (Fsp3) is 0. The predicted molar refractivity (Wildman–Crippen MR) is 65.9 cm³/mol. The number of halogens is 2. The Hall–Kier alpha value is -1.14. The Labute approximate surface area is 108 Å². The molecule has 2 rings (SSSR count). The van der Waals surface area contributed by atoms with Gasteiger partial charge in [0.25, 0.3) is 0 Å². The lowest BCUT2D eigenvalue weighted by Crippen LogP contribution is -2.00. The largest absolute Gasteiger partial charge is 0.478 e. The fourth-order valence-electron chi connectivity index (χ4n) is 1.27. The Morgan fingerprint density at radius 3 is 2.56 bits per heavy atom. The molecule has 0 saturated heterocycles. The van der Waals surface area contributed by atoms with Crippen molar-refractivity contribution in [2.75, 3.05) is 0 Å². The molecule has 0 unspecified atom stereocenters. The van der Waals surface area contributed by atoms with E-state index in [1.807, 2.05) is 0 Å². The second-order valence-electron chi connectivity index (χ2n) is 3.11. The summed E-state index contributed by atoms with van der Waals surface area (Å²) in [6.07, 6.45) is 3.40. The lowest BCUT2D eigenvalue weighted by molar-refractivity contribution is 0.0697. The first-order valence-electron chi connectivity index (χ1n) is 4.31. The average molecular weight is 346 g/mol. The summed E-state index contributed by atoms with van der Waals surface area (Å²) in [5.74, 6) is -0.964. The number of aromatic carboxylic acids is 1. The highest BCUT2D eigenvalue weighted by Crippen LogP contribution is 2.20. The third-order valence-electron chi connectivity index (χ3n) is 1.95. The molecule has 0 aliphatic heterocycles. The van der Waals surface area contributed by atoms with E-state index < -0.39 is 5.97 Å². The highest BCUT2D eigenvalue weighted by molar-refractivity contribution is 9.10. The van der Waals surface area contributed by atoms with Gasteiger partial charge in [0.05, 0.1) is 21.9 Å². The van der Waals surface area contributed by atoms with Gasteiger partial charge in [-0.15, -0.1) is 0 Å². The van der Waals surface area contributed by atoms with Crippen molar-refractivity contribution in [2.24, 2.45) is 0 Å². The van der Waals surface area contributed by atoms with Crippen LogP contribution >= 0.6 is 31.9 Å². The van der Waals surface area contributed by atoms with Crippen LogP contribution in [0.2, 0.25) is 0 Å². The van der Waals surface area contributed by atoms with Crippen molar-refractivity contribution in [1.82, 2.24) is 9.78 Å². The maximum absolute atomic E-state index is 10.9. The van der Waals surface area contributed by atoms with Gasteiger partial charge in [-0.1, -0.05) is 15.9 Å². The minimum Gasteiger partial charge on any atom is -0.478 e. The monoisotopic (exact) mass is 344 g/mol. The number of hydrogen-bond donors (Lipinski definition) is 1. The first-order valence-corrected chi connectivity index (χ1v) is 5.89. The molecule has 16 heavy (non-hydrogen) atoms. The van der Waals surface area contributed by atoms with Gasteiger partial charge in [-0.25, -0.2) is 9.48 Å². The summed E-state index contributed by atoms with van der Waals surface area (Å²) in [7, 11) is 0. The lowest BCUT2D eigenvalue weighted by atomic mass is 10.2. The SMILES string of the molecule is O=C(O)c1cc(Br)cc(-n2cc(Br)cn2)c1. The molecule has 0 bridgehead atoms. The summed E-state index contributed by atoms with van der Waals surface area (Å²) in [6, 6.07) is 4.91. The van der Waals surface area contributed by atoms with Crippen molar-refractivity contribution in [3.63, 3.8) is 0 Å². The Bertz CT molecular complexity index is 552. The number of aromatic nitrogens is 2. The molecule has 0 radical (unpaired) electrons. The van der Waals surface area contributed by atoms with Gasteiger partial charge >= 0.3 is 5.97 Å². The summed E-state index contributed by atoms with van der Waals surface area (Å²) >= 11 is 6.55. The van der Waals surface area contributed by atoms with Crippen LogP contribution in [0.15, 0.2) is 39.5 Å². The van der Waals surface area contributed by atoms with Crippen LogP contribution in [-0.2, 0) is 0 Å². The Balaban J connectivity index is 2.53. The van der Waals surface area contributed by atoms with Crippen molar-refractivity contribution in [1.29, 1.82) is 0 Å². The number of carboxylic acid groups (broad SMARTS) is 1. The minimum absolute atomic E-state index is 0.219. The first-order chi connectivity index (χ1) is 7.56. The Kier molecular flexibility index (Phi) is 3.11. The van der Waals surface area contributed by atoms with E-state index in [0.29, 0.717) is 10.2 Å². The van der Waals surface area contributed by atoms with E-state index in [9.17, 15) is 4.79 Å². The zero-order chi connectivity index (χ0) is 11.7. The Morgan fingerprint density at radius 2 is 2.00 bits per heavy atom. The predicted octanol–water partition coefficient (Wildman–Crippen LogP) is 3.10. The molecule has 0 aliphatic rings. The van der Waals surface area contributed by atoms with Crippen LogP contribution in [0, 0.1) is 0 Å². The second kappa shape index (κ2) is 4.39. The molecule has 0 saturated carbocycles. The van der Waals surface area contributed by atoms with Crippen LogP contribution in [0.5, 0.6) is 0 Å². The normalized spacial score (nSPS) is 10.4. The standard InChI is InChI=1S/C10H6Br2N2O2/c11-7-1-6(10(15)16)2-9(3-7)14-5-8(12)4-13-14/h1-5H,(H,15,16). The zero-order valence-corrected chi connectivity index (χ0v) is 11.1. The topological polar surface area (TPSA) is 55.1 Å². The molecule has 0 atom stereocenters. The lowest BCUT2D eigenvalue weighted by Gasteiger charge is -2.03. The number of rotatable bonds is 2. The summed E-state index contributed by atoms with van der Waals surface area (Å²) in [5, 5.41) is 13.0. The Morgan fingerprint density at radius 1 is 1.25 bits per heavy atom. The van der Waals surface area contributed by atoms with Crippen LogP contribution in [0.1, 0.15) is 10.4 Å². The molecule has 0 spiro atoms. The summed E-state index contributed by atoms with van der Waals surface area (Å²) in [6.45, 7) is 0. The maximum atomic E-state index is 10.9. The van der Waals surface area contributed by atoms with Crippen molar-refractivity contribution in [2.45, 2.75) is 0 Å². The van der Waals surface area contributed by atoms with Crippen molar-refractivity contribution in [3.8, 4) is 5.69 Å². The molecule has 1 aromatic heterocycles. The van der Waals surface area contributed by atoms with Gasteiger partial charge in [0.2, 0.25) is 0 Å². The highest BCUT2D eigenvalue weighted by Gasteiger charge is 2.07. The fourth-order valence-corrected chi connectivity index (χ4v) is 2.04. The molecule has 82 valence electrons. The molecule has 2 aromatic rings. The quantitative estimate of drug-likeness (QED) is 0.909. The van der Waals surface area contributed by atoms with Crippen molar-refractivity contribution >= 4 is 37.8 Å². The van der Waals surface area contributed by atoms with E-state index in [4.69, 9.17) is 5.11 Å². The van der Waals surface area contributed by atoms with Crippen LogP contribution in [0.3, 0.4) is 0 Å². The average Bonchev–Trinajstić information content (AvgIpc) is 2.64. The third-order valence-corrected chi connectivity index (χ3v) is 2.81. The third kappa shape index (κ3) is 2.33. The van der Waals surface area contributed by atoms with E-state index in [2.05, 4.69) is 37.0 Å². The number of benzene rings is 1. The molecule has 4 nitrogen and oxygen atoms in total. The molecule has 0 aliphatic carbocycles. The molecule has 6 heteroatoms. The second-order valence-corrected chi connectivity index (χ2v) is 4.94.